The minimum absolute atomic E-state index is 0.142. The van der Waals surface area contributed by atoms with E-state index in [1.807, 2.05) is 11.0 Å². The first-order valence-corrected chi connectivity index (χ1v) is 12.9. The quantitative estimate of drug-likeness (QED) is 0.515. The van der Waals surface area contributed by atoms with Crippen molar-refractivity contribution in [1.82, 2.24) is 9.88 Å². The van der Waals surface area contributed by atoms with Crippen LogP contribution in [0.2, 0.25) is 0 Å². The molecule has 0 saturated carbocycles. The van der Waals surface area contributed by atoms with Gasteiger partial charge in [-0.15, -0.1) is 0 Å². The molecule has 10 heteroatoms. The summed E-state index contributed by atoms with van der Waals surface area (Å²) in [5.41, 5.74) is 1.17. The SMILES string of the molecule is CCN(c1ccccc1)S(=O)(=O)c1ccc(N2CCN(CC(=O)Nc3ccc(F)cc3)CC2)nc1. The lowest BCUT2D eigenvalue weighted by molar-refractivity contribution is -0.117. The first-order chi connectivity index (χ1) is 16.9. The van der Waals surface area contributed by atoms with E-state index in [1.54, 1.807) is 43.3 Å². The van der Waals surface area contributed by atoms with Gasteiger partial charge in [-0.05, 0) is 55.5 Å². The van der Waals surface area contributed by atoms with Crippen molar-refractivity contribution in [2.45, 2.75) is 11.8 Å². The summed E-state index contributed by atoms with van der Waals surface area (Å²) in [5.74, 6) is 0.191. The van der Waals surface area contributed by atoms with E-state index >= 15 is 0 Å². The fraction of sp³-hybridized carbons (Fsp3) is 0.280. The number of carbonyl (C=O) groups is 1. The fourth-order valence-corrected chi connectivity index (χ4v) is 5.42. The molecule has 1 amide bonds. The first kappa shape index (κ1) is 24.6. The number of hydrogen-bond donors (Lipinski definition) is 1. The minimum atomic E-state index is -3.72. The summed E-state index contributed by atoms with van der Waals surface area (Å²) in [6.45, 7) is 4.99. The maximum absolute atomic E-state index is 13.2. The normalized spacial score (nSPS) is 14.5. The Kier molecular flexibility index (Phi) is 7.62. The van der Waals surface area contributed by atoms with Gasteiger partial charge in [0.05, 0.1) is 12.2 Å². The van der Waals surface area contributed by atoms with Crippen molar-refractivity contribution >= 4 is 33.1 Å². The van der Waals surface area contributed by atoms with Crippen molar-refractivity contribution < 1.29 is 17.6 Å². The van der Waals surface area contributed by atoms with Gasteiger partial charge < -0.3 is 10.2 Å². The number of benzene rings is 2. The number of piperazine rings is 1. The average Bonchev–Trinajstić information content (AvgIpc) is 2.87. The van der Waals surface area contributed by atoms with E-state index in [1.165, 1.54) is 34.8 Å². The summed E-state index contributed by atoms with van der Waals surface area (Å²) >= 11 is 0. The monoisotopic (exact) mass is 497 g/mol. The van der Waals surface area contributed by atoms with Gasteiger partial charge in [-0.25, -0.2) is 17.8 Å². The number of para-hydroxylation sites is 1. The molecule has 35 heavy (non-hydrogen) atoms. The van der Waals surface area contributed by atoms with Crippen LogP contribution in [0.3, 0.4) is 0 Å². The Labute approximate surface area is 205 Å². The molecule has 1 fully saturated rings. The second kappa shape index (κ2) is 10.8. The highest BCUT2D eigenvalue weighted by molar-refractivity contribution is 7.92. The number of aromatic nitrogens is 1. The number of halogens is 1. The molecule has 0 bridgehead atoms. The lowest BCUT2D eigenvalue weighted by atomic mass is 10.3. The Morgan fingerprint density at radius 1 is 1.00 bits per heavy atom. The molecule has 1 saturated heterocycles. The lowest BCUT2D eigenvalue weighted by Gasteiger charge is -2.35. The molecule has 0 atom stereocenters. The number of nitrogens with zero attached hydrogens (tertiary/aromatic N) is 4. The molecule has 1 N–H and O–H groups in total. The number of rotatable bonds is 8. The van der Waals surface area contributed by atoms with Crippen LogP contribution in [-0.2, 0) is 14.8 Å². The van der Waals surface area contributed by atoms with Crippen molar-refractivity contribution in [2.24, 2.45) is 0 Å². The van der Waals surface area contributed by atoms with E-state index in [4.69, 9.17) is 0 Å². The number of sulfonamides is 1. The Hall–Kier alpha value is -3.50. The summed E-state index contributed by atoms with van der Waals surface area (Å²) in [6, 6.07) is 18.0. The Morgan fingerprint density at radius 3 is 2.29 bits per heavy atom. The molecule has 1 aliphatic rings. The molecule has 4 rings (SSSR count). The topological polar surface area (TPSA) is 85.9 Å². The van der Waals surface area contributed by atoms with E-state index in [9.17, 15) is 17.6 Å². The number of nitrogens with one attached hydrogen (secondary N) is 1. The van der Waals surface area contributed by atoms with Crippen molar-refractivity contribution in [3.8, 4) is 0 Å². The molecule has 1 aromatic heterocycles. The van der Waals surface area contributed by atoms with Crippen LogP contribution in [0, 0.1) is 5.82 Å². The van der Waals surface area contributed by atoms with Gasteiger partial charge in [-0.3, -0.25) is 14.0 Å². The van der Waals surface area contributed by atoms with E-state index in [-0.39, 0.29) is 23.2 Å². The number of hydrogen-bond acceptors (Lipinski definition) is 6. The third-order valence-electron chi connectivity index (χ3n) is 5.83. The van der Waals surface area contributed by atoms with E-state index in [2.05, 4.69) is 15.2 Å². The summed E-state index contributed by atoms with van der Waals surface area (Å²) in [7, 11) is -3.72. The molecule has 0 spiro atoms. The fourth-order valence-electron chi connectivity index (χ4n) is 4.00. The van der Waals surface area contributed by atoms with Crippen LogP contribution in [0.5, 0.6) is 0 Å². The zero-order valence-corrected chi connectivity index (χ0v) is 20.3. The van der Waals surface area contributed by atoms with Gasteiger partial charge in [0.1, 0.15) is 16.5 Å². The molecule has 8 nitrogen and oxygen atoms in total. The summed E-state index contributed by atoms with van der Waals surface area (Å²) in [4.78, 5) is 21.0. The first-order valence-electron chi connectivity index (χ1n) is 11.4. The standard InChI is InChI=1S/C25H28FN5O3S/c1-2-31(22-6-4-3-5-7-22)35(33,34)23-12-13-24(27-18-23)30-16-14-29(15-17-30)19-25(32)28-21-10-8-20(26)9-11-21/h3-13,18H,2,14-17,19H2,1H3,(H,28,32). The van der Waals surface area contributed by atoms with Gasteiger partial charge in [0.2, 0.25) is 5.91 Å². The predicted molar refractivity (Wildman–Crippen MR) is 135 cm³/mol. The molecular formula is C25H28FN5O3S. The maximum atomic E-state index is 13.2. The summed E-state index contributed by atoms with van der Waals surface area (Å²) < 4.78 is 40.7. The third kappa shape index (κ3) is 5.95. The Balaban J connectivity index is 1.33. The van der Waals surface area contributed by atoms with Gasteiger partial charge >= 0.3 is 0 Å². The van der Waals surface area contributed by atoms with Gasteiger partial charge in [0.15, 0.2) is 0 Å². The van der Waals surface area contributed by atoms with Gasteiger partial charge in [-0.1, -0.05) is 18.2 Å². The zero-order chi connectivity index (χ0) is 24.8. The van der Waals surface area contributed by atoms with Gasteiger partial charge in [0, 0.05) is 44.6 Å². The lowest BCUT2D eigenvalue weighted by Crippen LogP contribution is -2.48. The number of pyridine rings is 1. The zero-order valence-electron chi connectivity index (χ0n) is 19.5. The largest absolute Gasteiger partial charge is 0.354 e. The van der Waals surface area contributed by atoms with Crippen LogP contribution < -0.4 is 14.5 Å². The van der Waals surface area contributed by atoms with Crippen LogP contribution in [0.1, 0.15) is 6.92 Å². The smallest absolute Gasteiger partial charge is 0.265 e. The van der Waals surface area contributed by atoms with Crippen LogP contribution in [0.15, 0.2) is 77.8 Å². The molecule has 2 heterocycles. The van der Waals surface area contributed by atoms with Crippen molar-refractivity contribution in [2.75, 3.05) is 53.8 Å². The molecule has 3 aromatic rings. The highest BCUT2D eigenvalue weighted by Crippen LogP contribution is 2.24. The second-order valence-electron chi connectivity index (χ2n) is 8.18. The van der Waals surface area contributed by atoms with E-state index < -0.39 is 10.0 Å². The van der Waals surface area contributed by atoms with Crippen molar-refractivity contribution in [3.63, 3.8) is 0 Å². The number of anilines is 3. The summed E-state index contributed by atoms with van der Waals surface area (Å²) in [5, 5.41) is 2.77. The van der Waals surface area contributed by atoms with E-state index in [0.29, 0.717) is 49.9 Å². The van der Waals surface area contributed by atoms with E-state index in [0.717, 1.165) is 0 Å². The minimum Gasteiger partial charge on any atom is -0.354 e. The highest BCUT2D eigenvalue weighted by Gasteiger charge is 2.25. The van der Waals surface area contributed by atoms with Crippen LogP contribution in [-0.4, -0.2) is 63.5 Å². The highest BCUT2D eigenvalue weighted by atomic mass is 32.2. The molecule has 184 valence electrons. The van der Waals surface area contributed by atoms with Crippen LogP contribution >= 0.6 is 0 Å². The number of amides is 1. The Bertz CT molecular complexity index is 1230. The number of carbonyl (C=O) groups excluding carboxylic acids is 1. The average molecular weight is 498 g/mol. The molecule has 0 radical (unpaired) electrons. The van der Waals surface area contributed by atoms with Crippen molar-refractivity contribution in [3.05, 3.63) is 78.7 Å². The third-order valence-corrected chi connectivity index (χ3v) is 7.72. The van der Waals surface area contributed by atoms with Gasteiger partial charge in [-0.2, -0.15) is 0 Å². The summed E-state index contributed by atoms with van der Waals surface area (Å²) in [6.07, 6.45) is 1.40. The molecule has 0 aliphatic carbocycles. The Morgan fingerprint density at radius 2 is 1.69 bits per heavy atom. The predicted octanol–water partition coefficient (Wildman–Crippen LogP) is 3.20. The molecular weight excluding hydrogens is 469 g/mol. The van der Waals surface area contributed by atoms with Gasteiger partial charge in [0.25, 0.3) is 10.0 Å². The molecule has 2 aromatic carbocycles. The molecule has 0 unspecified atom stereocenters. The van der Waals surface area contributed by atoms with Crippen LogP contribution in [0.25, 0.3) is 0 Å². The maximum Gasteiger partial charge on any atom is 0.265 e. The van der Waals surface area contributed by atoms with Crippen LogP contribution in [0.4, 0.5) is 21.6 Å². The van der Waals surface area contributed by atoms with Crippen molar-refractivity contribution in [1.29, 1.82) is 0 Å². The second-order valence-corrected chi connectivity index (χ2v) is 10.0. The molecule has 1 aliphatic heterocycles.